The van der Waals surface area contributed by atoms with Crippen LogP contribution in [0.1, 0.15) is 16.7 Å². The third-order valence-corrected chi connectivity index (χ3v) is 5.57. The van der Waals surface area contributed by atoms with Crippen molar-refractivity contribution in [2.75, 3.05) is 39.3 Å². The smallest absolute Gasteiger partial charge is 0.234 e. The molecule has 1 amide bonds. The van der Waals surface area contributed by atoms with Crippen LogP contribution in [-0.4, -0.2) is 66.2 Å². The normalized spacial score (nSPS) is 18.7. The number of nitrogens with zero attached hydrogens (tertiary/aromatic N) is 2. The fourth-order valence-corrected chi connectivity index (χ4v) is 4.03. The molecule has 2 aliphatic heterocycles. The number of hydrogen-bond acceptors (Lipinski definition) is 5. The minimum Gasteiger partial charge on any atom is -0.491 e. The van der Waals surface area contributed by atoms with Crippen LogP contribution < -0.4 is 10.1 Å². The van der Waals surface area contributed by atoms with Crippen LogP contribution in [0.5, 0.6) is 5.75 Å². The average Bonchev–Trinajstić information content (AvgIpc) is 2.73. The third-order valence-electron chi connectivity index (χ3n) is 5.57. The number of piperazine rings is 1. The second-order valence-electron chi connectivity index (χ2n) is 7.92. The molecule has 1 atom stereocenters. The number of aliphatic hydroxyl groups excluding tert-OH is 1. The Balaban J connectivity index is 1.21. The molecule has 6 nitrogen and oxygen atoms in total. The Morgan fingerprint density at radius 1 is 1.00 bits per heavy atom. The van der Waals surface area contributed by atoms with Gasteiger partial charge in [0.1, 0.15) is 18.5 Å². The first kappa shape index (κ1) is 19.9. The van der Waals surface area contributed by atoms with E-state index in [1.54, 1.807) is 0 Å². The van der Waals surface area contributed by atoms with Gasteiger partial charge < -0.3 is 15.2 Å². The summed E-state index contributed by atoms with van der Waals surface area (Å²) in [4.78, 5) is 15.9. The summed E-state index contributed by atoms with van der Waals surface area (Å²) in [5.41, 5.74) is 3.92. The molecule has 6 heteroatoms. The van der Waals surface area contributed by atoms with Gasteiger partial charge in [-0.3, -0.25) is 14.6 Å². The number of fused-ring (bicyclic) bond motifs is 1. The highest BCUT2D eigenvalue weighted by molar-refractivity contribution is 5.78. The van der Waals surface area contributed by atoms with E-state index in [9.17, 15) is 9.90 Å². The first-order valence-corrected chi connectivity index (χ1v) is 10.3. The van der Waals surface area contributed by atoms with Crippen LogP contribution in [0, 0.1) is 0 Å². The molecule has 4 rings (SSSR count). The Morgan fingerprint density at radius 2 is 1.79 bits per heavy atom. The number of amides is 1. The van der Waals surface area contributed by atoms with Gasteiger partial charge in [-0.05, 0) is 35.2 Å². The Bertz CT molecular complexity index is 824. The summed E-state index contributed by atoms with van der Waals surface area (Å²) >= 11 is 0. The largest absolute Gasteiger partial charge is 0.491 e. The predicted molar refractivity (Wildman–Crippen MR) is 112 cm³/mol. The van der Waals surface area contributed by atoms with Crippen LogP contribution in [0.25, 0.3) is 0 Å². The number of β-amino-alcohol motifs (C(OH)–C–C–N with tert-alkyl or cyclic N) is 1. The van der Waals surface area contributed by atoms with Crippen molar-refractivity contribution in [3.63, 3.8) is 0 Å². The lowest BCUT2D eigenvalue weighted by atomic mass is 10.00. The molecule has 1 fully saturated rings. The van der Waals surface area contributed by atoms with Crippen LogP contribution in [-0.2, 0) is 24.3 Å². The van der Waals surface area contributed by atoms with Crippen LogP contribution in [0.4, 0.5) is 0 Å². The lowest BCUT2D eigenvalue weighted by Gasteiger charge is -2.30. The lowest BCUT2D eigenvalue weighted by molar-refractivity contribution is -0.124. The maximum absolute atomic E-state index is 11.5. The number of aliphatic hydroxyl groups is 1. The average molecular weight is 396 g/mol. The number of carbonyl (C=O) groups excluding carboxylic acids is 1. The van der Waals surface area contributed by atoms with Gasteiger partial charge in [0.05, 0.1) is 6.54 Å². The van der Waals surface area contributed by atoms with Crippen molar-refractivity contribution < 1.29 is 14.6 Å². The molecule has 0 unspecified atom stereocenters. The lowest BCUT2D eigenvalue weighted by Crippen LogP contribution is -2.47. The van der Waals surface area contributed by atoms with E-state index >= 15 is 0 Å². The molecular formula is C23H29N3O3. The zero-order valence-electron chi connectivity index (χ0n) is 16.7. The van der Waals surface area contributed by atoms with Gasteiger partial charge in [0.2, 0.25) is 5.91 Å². The van der Waals surface area contributed by atoms with Crippen molar-refractivity contribution in [3.05, 3.63) is 65.2 Å². The fraction of sp³-hybridized carbons (Fsp3) is 0.435. The zero-order chi connectivity index (χ0) is 20.1. The number of benzene rings is 2. The van der Waals surface area contributed by atoms with Crippen molar-refractivity contribution in [1.82, 2.24) is 15.1 Å². The predicted octanol–water partition coefficient (Wildman–Crippen LogP) is 1.42. The highest BCUT2D eigenvalue weighted by Gasteiger charge is 2.19. The van der Waals surface area contributed by atoms with E-state index in [-0.39, 0.29) is 12.5 Å². The van der Waals surface area contributed by atoms with Crippen molar-refractivity contribution >= 4 is 5.91 Å². The topological polar surface area (TPSA) is 65.0 Å². The van der Waals surface area contributed by atoms with Gasteiger partial charge >= 0.3 is 0 Å². The Hall–Kier alpha value is -2.41. The minimum atomic E-state index is -0.521. The number of rotatable bonds is 7. The van der Waals surface area contributed by atoms with Crippen LogP contribution >= 0.6 is 0 Å². The molecule has 29 heavy (non-hydrogen) atoms. The molecular weight excluding hydrogens is 366 g/mol. The molecule has 2 aromatic rings. The Labute approximate surface area is 172 Å². The molecule has 0 saturated carbocycles. The molecule has 2 heterocycles. The highest BCUT2D eigenvalue weighted by Crippen LogP contribution is 2.19. The van der Waals surface area contributed by atoms with Gasteiger partial charge in [-0.2, -0.15) is 0 Å². The van der Waals surface area contributed by atoms with Crippen molar-refractivity contribution in [3.8, 4) is 5.75 Å². The zero-order valence-corrected chi connectivity index (χ0v) is 16.7. The highest BCUT2D eigenvalue weighted by atomic mass is 16.5. The van der Waals surface area contributed by atoms with Gasteiger partial charge in [-0.25, -0.2) is 0 Å². The van der Waals surface area contributed by atoms with Gasteiger partial charge in [-0.15, -0.1) is 0 Å². The summed E-state index contributed by atoms with van der Waals surface area (Å²) in [6.07, 6.45) is 0.510. The van der Waals surface area contributed by atoms with Crippen molar-refractivity contribution in [2.24, 2.45) is 0 Å². The van der Waals surface area contributed by atoms with Crippen LogP contribution in [0.3, 0.4) is 0 Å². The number of carbonyl (C=O) groups is 1. The van der Waals surface area contributed by atoms with E-state index in [2.05, 4.69) is 39.4 Å². The maximum atomic E-state index is 11.5. The molecule has 0 bridgehead atoms. The minimum absolute atomic E-state index is 0.0855. The van der Waals surface area contributed by atoms with E-state index in [4.69, 9.17) is 4.74 Å². The molecule has 0 aromatic heterocycles. The molecule has 0 spiro atoms. The van der Waals surface area contributed by atoms with E-state index < -0.39 is 6.10 Å². The number of ether oxygens (including phenoxy) is 1. The van der Waals surface area contributed by atoms with E-state index in [1.165, 1.54) is 11.1 Å². The summed E-state index contributed by atoms with van der Waals surface area (Å²) in [6.45, 7) is 5.54. The molecule has 2 aromatic carbocycles. The van der Waals surface area contributed by atoms with E-state index in [1.807, 2.05) is 24.3 Å². The van der Waals surface area contributed by atoms with Crippen LogP contribution in [0.2, 0.25) is 0 Å². The van der Waals surface area contributed by atoms with E-state index in [0.29, 0.717) is 19.6 Å². The summed E-state index contributed by atoms with van der Waals surface area (Å²) in [6, 6.07) is 16.4. The Morgan fingerprint density at radius 3 is 2.59 bits per heavy atom. The van der Waals surface area contributed by atoms with Crippen molar-refractivity contribution in [2.45, 2.75) is 25.6 Å². The fourth-order valence-electron chi connectivity index (χ4n) is 4.03. The summed E-state index contributed by atoms with van der Waals surface area (Å²) < 4.78 is 5.79. The van der Waals surface area contributed by atoms with E-state index in [0.717, 1.165) is 43.9 Å². The first-order valence-electron chi connectivity index (χ1n) is 10.3. The van der Waals surface area contributed by atoms with Crippen molar-refractivity contribution in [1.29, 1.82) is 0 Å². The van der Waals surface area contributed by atoms with Gasteiger partial charge in [0, 0.05) is 39.3 Å². The monoisotopic (exact) mass is 395 g/mol. The Kier molecular flexibility index (Phi) is 6.44. The first-order chi connectivity index (χ1) is 14.2. The quantitative estimate of drug-likeness (QED) is 0.742. The summed E-state index contributed by atoms with van der Waals surface area (Å²) in [7, 11) is 0. The molecule has 0 aliphatic carbocycles. The standard InChI is InChI=1S/C23H29N3O3/c27-21(15-25-11-9-19-3-1-2-4-20(19)14-25)17-29-22-7-5-18(6-8-22)13-26-12-10-24-23(28)16-26/h1-8,21,27H,9-17H2,(H,24,28)/t21-/m1/s1. The molecule has 154 valence electrons. The maximum Gasteiger partial charge on any atom is 0.234 e. The molecule has 1 saturated heterocycles. The third kappa shape index (κ3) is 5.56. The number of nitrogens with one attached hydrogen (secondary N) is 1. The van der Waals surface area contributed by atoms with Gasteiger partial charge in [0.15, 0.2) is 0 Å². The molecule has 0 radical (unpaired) electrons. The number of hydrogen-bond donors (Lipinski definition) is 2. The molecule has 2 N–H and O–H groups in total. The molecule has 2 aliphatic rings. The summed E-state index contributed by atoms with van der Waals surface area (Å²) in [5.74, 6) is 0.843. The second kappa shape index (κ2) is 9.39. The van der Waals surface area contributed by atoms with Gasteiger partial charge in [0.25, 0.3) is 0 Å². The van der Waals surface area contributed by atoms with Gasteiger partial charge in [-0.1, -0.05) is 36.4 Å². The summed E-state index contributed by atoms with van der Waals surface area (Å²) in [5, 5.41) is 13.2. The second-order valence-corrected chi connectivity index (χ2v) is 7.92. The van der Waals surface area contributed by atoms with Crippen LogP contribution in [0.15, 0.2) is 48.5 Å². The SMILES string of the molecule is O=C1CN(Cc2ccc(OC[C@H](O)CN3CCc4ccccc4C3)cc2)CCN1.